The maximum Gasteiger partial charge on any atom is 0.0476 e. The quantitative estimate of drug-likeness (QED) is 0.160. The van der Waals surface area contributed by atoms with Crippen LogP contribution in [0.15, 0.2) is 212 Å². The molecular formula is C52H35NS. The summed E-state index contributed by atoms with van der Waals surface area (Å²) in [5, 5.41) is 5.13. The van der Waals surface area contributed by atoms with Crippen molar-refractivity contribution in [2.45, 2.75) is 0 Å². The minimum atomic E-state index is 1.12. The zero-order valence-corrected chi connectivity index (χ0v) is 30.4. The molecule has 0 atom stereocenters. The second-order valence-electron chi connectivity index (χ2n) is 13.8. The van der Waals surface area contributed by atoms with Crippen LogP contribution >= 0.6 is 11.3 Å². The number of benzene rings is 9. The van der Waals surface area contributed by atoms with E-state index in [4.69, 9.17) is 0 Å². The summed E-state index contributed by atoms with van der Waals surface area (Å²) < 4.78 is 2.60. The Labute approximate surface area is 319 Å². The first kappa shape index (κ1) is 32.0. The Hall–Kier alpha value is -6.74. The van der Waals surface area contributed by atoms with E-state index in [-0.39, 0.29) is 0 Å². The normalized spacial score (nSPS) is 11.3. The molecule has 54 heavy (non-hydrogen) atoms. The molecule has 0 fully saturated rings. The molecule has 2 heteroatoms. The first-order chi connectivity index (χ1) is 26.7. The average molecular weight is 706 g/mol. The van der Waals surface area contributed by atoms with Gasteiger partial charge in [-0.3, -0.25) is 0 Å². The molecule has 0 N–H and O–H groups in total. The molecule has 0 aliphatic rings. The van der Waals surface area contributed by atoms with Crippen LogP contribution in [0.5, 0.6) is 0 Å². The van der Waals surface area contributed by atoms with Gasteiger partial charge < -0.3 is 4.90 Å². The lowest BCUT2D eigenvalue weighted by Gasteiger charge is -2.26. The molecule has 0 aliphatic heterocycles. The SMILES string of the molecule is c1ccc(-c2ccc(-c3ccc(N(c4ccc(-c5cccc(-c6ccc7ccccc7c6)c5)cc4)c4ccc5c(c4)sc4ccccc45)cc3)cc2)cc1. The maximum atomic E-state index is 2.38. The predicted molar refractivity (Wildman–Crippen MR) is 233 cm³/mol. The van der Waals surface area contributed by atoms with E-state index in [1.54, 1.807) is 0 Å². The van der Waals surface area contributed by atoms with Crippen molar-refractivity contribution in [2.24, 2.45) is 0 Å². The summed E-state index contributed by atoms with van der Waals surface area (Å²) in [7, 11) is 0. The molecule has 0 radical (unpaired) electrons. The molecule has 0 unspecified atom stereocenters. The third-order valence-corrected chi connectivity index (χ3v) is 11.6. The first-order valence-electron chi connectivity index (χ1n) is 18.4. The van der Waals surface area contributed by atoms with Gasteiger partial charge in [-0.15, -0.1) is 11.3 Å². The summed E-state index contributed by atoms with van der Waals surface area (Å²) in [6.07, 6.45) is 0. The van der Waals surface area contributed by atoms with Crippen LogP contribution in [0.1, 0.15) is 0 Å². The lowest BCUT2D eigenvalue weighted by atomic mass is 9.97. The summed E-state index contributed by atoms with van der Waals surface area (Å²) in [4.78, 5) is 2.38. The molecule has 10 aromatic rings. The molecule has 9 aromatic carbocycles. The van der Waals surface area contributed by atoms with Crippen LogP contribution in [-0.4, -0.2) is 0 Å². The molecule has 0 bridgehead atoms. The summed E-state index contributed by atoms with van der Waals surface area (Å²) >= 11 is 1.86. The minimum absolute atomic E-state index is 1.12. The smallest absolute Gasteiger partial charge is 0.0476 e. The lowest BCUT2D eigenvalue weighted by molar-refractivity contribution is 1.29. The molecule has 0 saturated heterocycles. The number of fused-ring (bicyclic) bond motifs is 4. The highest BCUT2D eigenvalue weighted by atomic mass is 32.1. The van der Waals surface area contributed by atoms with Gasteiger partial charge in [-0.2, -0.15) is 0 Å². The molecule has 1 heterocycles. The van der Waals surface area contributed by atoms with Crippen LogP contribution < -0.4 is 4.90 Å². The van der Waals surface area contributed by atoms with Crippen molar-refractivity contribution >= 4 is 59.3 Å². The molecule has 254 valence electrons. The number of rotatable bonds is 7. The third-order valence-electron chi connectivity index (χ3n) is 10.5. The highest BCUT2D eigenvalue weighted by Crippen LogP contribution is 2.41. The molecule has 1 nitrogen and oxygen atoms in total. The van der Waals surface area contributed by atoms with Crippen molar-refractivity contribution in [1.29, 1.82) is 0 Å². The predicted octanol–water partition coefficient (Wildman–Crippen LogP) is 15.3. The fourth-order valence-corrected chi connectivity index (χ4v) is 8.78. The standard InChI is InChI=1S/C52H35NS/c1-2-9-36(10-3-1)38-17-19-39(20-18-38)40-23-27-46(28-24-40)53(48-31-32-50-49-15-6-7-16-51(49)54-52(50)35-48)47-29-25-41(26-30-47)43-13-8-14-44(33-43)45-22-21-37-11-4-5-12-42(37)34-45/h1-35H. The van der Waals surface area contributed by atoms with Gasteiger partial charge >= 0.3 is 0 Å². The van der Waals surface area contributed by atoms with Crippen molar-refractivity contribution in [3.63, 3.8) is 0 Å². The van der Waals surface area contributed by atoms with E-state index < -0.39 is 0 Å². The number of hydrogen-bond acceptors (Lipinski definition) is 2. The number of anilines is 3. The van der Waals surface area contributed by atoms with E-state index in [1.165, 1.54) is 75.5 Å². The van der Waals surface area contributed by atoms with Crippen molar-refractivity contribution < 1.29 is 0 Å². The van der Waals surface area contributed by atoms with Crippen molar-refractivity contribution in [3.05, 3.63) is 212 Å². The Balaban J connectivity index is 1.00. The average Bonchev–Trinajstić information content (AvgIpc) is 3.63. The molecule has 0 saturated carbocycles. The fourth-order valence-electron chi connectivity index (χ4n) is 7.64. The molecule has 0 aliphatic carbocycles. The Kier molecular flexibility index (Phi) is 8.09. The Morgan fingerprint density at radius 2 is 0.722 bits per heavy atom. The Bertz CT molecular complexity index is 2900. The van der Waals surface area contributed by atoms with Gasteiger partial charge in [0.2, 0.25) is 0 Å². The van der Waals surface area contributed by atoms with Gasteiger partial charge in [0.15, 0.2) is 0 Å². The topological polar surface area (TPSA) is 3.24 Å². The van der Waals surface area contributed by atoms with Gasteiger partial charge in [-0.05, 0) is 110 Å². The highest BCUT2D eigenvalue weighted by Gasteiger charge is 2.16. The zero-order chi connectivity index (χ0) is 35.8. The molecular weight excluding hydrogens is 671 g/mol. The fraction of sp³-hybridized carbons (Fsp3) is 0. The summed E-state index contributed by atoms with van der Waals surface area (Å²) in [5.74, 6) is 0. The van der Waals surface area contributed by atoms with Crippen LogP contribution in [0.4, 0.5) is 17.1 Å². The van der Waals surface area contributed by atoms with Crippen LogP contribution in [0.2, 0.25) is 0 Å². The Morgan fingerprint density at radius 1 is 0.259 bits per heavy atom. The first-order valence-corrected chi connectivity index (χ1v) is 19.2. The van der Waals surface area contributed by atoms with E-state index in [0.29, 0.717) is 0 Å². The van der Waals surface area contributed by atoms with Crippen molar-refractivity contribution in [1.82, 2.24) is 0 Å². The second-order valence-corrected chi connectivity index (χ2v) is 14.9. The highest BCUT2D eigenvalue weighted by molar-refractivity contribution is 7.25. The van der Waals surface area contributed by atoms with E-state index >= 15 is 0 Å². The molecule has 0 amide bonds. The van der Waals surface area contributed by atoms with Crippen molar-refractivity contribution in [2.75, 3.05) is 4.90 Å². The molecule has 0 spiro atoms. The van der Waals surface area contributed by atoms with Crippen LogP contribution in [0.25, 0.3) is 75.5 Å². The van der Waals surface area contributed by atoms with Gasteiger partial charge in [0.05, 0.1) is 0 Å². The Morgan fingerprint density at radius 3 is 1.43 bits per heavy atom. The largest absolute Gasteiger partial charge is 0.310 e. The summed E-state index contributed by atoms with van der Waals surface area (Å²) in [5.41, 5.74) is 13.1. The number of nitrogens with zero attached hydrogens (tertiary/aromatic N) is 1. The molecule has 10 rings (SSSR count). The van der Waals surface area contributed by atoms with E-state index in [2.05, 4.69) is 217 Å². The van der Waals surface area contributed by atoms with Crippen LogP contribution in [0.3, 0.4) is 0 Å². The van der Waals surface area contributed by atoms with E-state index in [0.717, 1.165) is 17.1 Å². The van der Waals surface area contributed by atoms with Crippen molar-refractivity contribution in [3.8, 4) is 44.5 Å². The maximum absolute atomic E-state index is 2.38. The zero-order valence-electron chi connectivity index (χ0n) is 29.6. The second kappa shape index (κ2) is 13.7. The molecule has 1 aromatic heterocycles. The van der Waals surface area contributed by atoms with Gasteiger partial charge in [0, 0.05) is 37.2 Å². The van der Waals surface area contributed by atoms with E-state index in [1.807, 2.05) is 11.3 Å². The summed E-state index contributed by atoms with van der Waals surface area (Å²) in [6.45, 7) is 0. The van der Waals surface area contributed by atoms with Gasteiger partial charge in [0.25, 0.3) is 0 Å². The van der Waals surface area contributed by atoms with Crippen LogP contribution in [-0.2, 0) is 0 Å². The minimum Gasteiger partial charge on any atom is -0.310 e. The van der Waals surface area contributed by atoms with Gasteiger partial charge in [0.1, 0.15) is 0 Å². The number of hydrogen-bond donors (Lipinski definition) is 0. The van der Waals surface area contributed by atoms with Crippen LogP contribution in [0, 0.1) is 0 Å². The lowest BCUT2D eigenvalue weighted by Crippen LogP contribution is -2.09. The number of thiophene rings is 1. The monoisotopic (exact) mass is 705 g/mol. The van der Waals surface area contributed by atoms with E-state index in [9.17, 15) is 0 Å². The van der Waals surface area contributed by atoms with Gasteiger partial charge in [-0.1, -0.05) is 158 Å². The van der Waals surface area contributed by atoms with Gasteiger partial charge in [-0.25, -0.2) is 0 Å². The third kappa shape index (κ3) is 6.03. The summed E-state index contributed by atoms with van der Waals surface area (Å²) in [6, 6.07) is 77.1.